The largest absolute Gasteiger partial charge is 0.394 e. The van der Waals surface area contributed by atoms with Gasteiger partial charge in [0.1, 0.15) is 0 Å². The molecule has 0 saturated carbocycles. The molecule has 5 heteroatoms. The van der Waals surface area contributed by atoms with Gasteiger partial charge in [0.05, 0.1) is 0 Å². The zero-order chi connectivity index (χ0) is 6.57. The van der Waals surface area contributed by atoms with Crippen molar-refractivity contribution in [2.24, 2.45) is 0 Å². The first-order valence-corrected chi connectivity index (χ1v) is 3.15. The molecular formula is C3H7O4P. The third-order valence-corrected chi connectivity index (χ3v) is 1.18. The van der Waals surface area contributed by atoms with Gasteiger partial charge in [-0.1, -0.05) is 0 Å². The molecule has 0 aliphatic heterocycles. The molecule has 0 aliphatic carbocycles. The maximum Gasteiger partial charge on any atom is 0.369 e. The van der Waals surface area contributed by atoms with E-state index in [2.05, 4.69) is 9.05 Å². The van der Waals surface area contributed by atoms with Crippen LogP contribution in [0.4, 0.5) is 0 Å². The lowest BCUT2D eigenvalue weighted by molar-refractivity contribution is -0.131. The van der Waals surface area contributed by atoms with Gasteiger partial charge in [-0.2, -0.15) is 0 Å². The van der Waals surface area contributed by atoms with Crippen LogP contribution in [0, 0.1) is 0 Å². The van der Waals surface area contributed by atoms with Crippen molar-refractivity contribution < 1.29 is 18.4 Å². The molecule has 0 heterocycles. The van der Waals surface area contributed by atoms with Crippen LogP contribution in [0.3, 0.4) is 0 Å². The molecule has 0 aromatic rings. The lowest BCUT2D eigenvalue weighted by Gasteiger charge is -1.95. The molecule has 0 fully saturated rings. The standard InChI is InChI=1S/C3H7O4P/c1-3(4)7-8(5)6-2/h8H,1-2H3. The highest BCUT2D eigenvalue weighted by Crippen LogP contribution is 2.20. The van der Waals surface area contributed by atoms with Crippen molar-refractivity contribution in [3.63, 3.8) is 0 Å². The van der Waals surface area contributed by atoms with Gasteiger partial charge < -0.3 is 9.05 Å². The summed E-state index contributed by atoms with van der Waals surface area (Å²) in [6.07, 6.45) is 0. The topological polar surface area (TPSA) is 52.6 Å². The summed E-state index contributed by atoms with van der Waals surface area (Å²) < 4.78 is 18.4. The highest BCUT2D eigenvalue weighted by molar-refractivity contribution is 7.34. The molecule has 0 aromatic heterocycles. The van der Waals surface area contributed by atoms with Crippen molar-refractivity contribution in [3.8, 4) is 0 Å². The van der Waals surface area contributed by atoms with Gasteiger partial charge in [0, 0.05) is 14.0 Å². The van der Waals surface area contributed by atoms with Crippen LogP contribution in [0.25, 0.3) is 0 Å². The van der Waals surface area contributed by atoms with Gasteiger partial charge in [0.25, 0.3) is 0 Å². The molecule has 0 aromatic carbocycles. The monoisotopic (exact) mass is 138 g/mol. The normalized spacial score (nSPS) is 12.8. The fourth-order valence-corrected chi connectivity index (χ4v) is 0.477. The van der Waals surface area contributed by atoms with Crippen LogP contribution in [-0.2, 0) is 18.4 Å². The lowest BCUT2D eigenvalue weighted by Crippen LogP contribution is -1.88. The average Bonchev–Trinajstić information content (AvgIpc) is 1.65. The van der Waals surface area contributed by atoms with E-state index in [9.17, 15) is 9.36 Å². The molecular weight excluding hydrogens is 131 g/mol. The molecule has 0 radical (unpaired) electrons. The minimum absolute atomic E-state index is 0.587. The SMILES string of the molecule is CO[PH](=O)OC(C)=O. The minimum Gasteiger partial charge on any atom is -0.394 e. The third kappa shape index (κ3) is 3.84. The van der Waals surface area contributed by atoms with Crippen LogP contribution in [0.2, 0.25) is 0 Å². The fraction of sp³-hybridized carbons (Fsp3) is 0.667. The first kappa shape index (κ1) is 7.66. The Labute approximate surface area is 47.7 Å². The third-order valence-electron chi connectivity index (χ3n) is 0.394. The van der Waals surface area contributed by atoms with Crippen molar-refractivity contribution in [1.29, 1.82) is 0 Å². The Hall–Kier alpha value is -0.340. The predicted molar refractivity (Wildman–Crippen MR) is 27.8 cm³/mol. The van der Waals surface area contributed by atoms with Gasteiger partial charge in [0.15, 0.2) is 0 Å². The Morgan fingerprint density at radius 1 is 1.62 bits per heavy atom. The predicted octanol–water partition coefficient (Wildman–Crippen LogP) is 0.586. The summed E-state index contributed by atoms with van der Waals surface area (Å²) >= 11 is 0. The molecule has 1 atom stereocenters. The van der Waals surface area contributed by atoms with Gasteiger partial charge in [-0.15, -0.1) is 0 Å². The van der Waals surface area contributed by atoms with Gasteiger partial charge >= 0.3 is 14.2 Å². The van der Waals surface area contributed by atoms with E-state index in [1.54, 1.807) is 0 Å². The Morgan fingerprint density at radius 2 is 2.12 bits per heavy atom. The Morgan fingerprint density at radius 3 is 2.25 bits per heavy atom. The van der Waals surface area contributed by atoms with E-state index >= 15 is 0 Å². The second kappa shape index (κ2) is 3.64. The van der Waals surface area contributed by atoms with Crippen molar-refractivity contribution in [3.05, 3.63) is 0 Å². The molecule has 4 nitrogen and oxygen atoms in total. The number of hydrogen-bond donors (Lipinski definition) is 0. The zero-order valence-electron chi connectivity index (χ0n) is 4.63. The number of carbonyl (C=O) groups is 1. The Kier molecular flexibility index (Phi) is 3.48. The first-order chi connectivity index (χ1) is 3.66. The molecule has 0 saturated heterocycles. The summed E-state index contributed by atoms with van der Waals surface area (Å²) in [5, 5.41) is 0. The van der Waals surface area contributed by atoms with Crippen LogP contribution in [-0.4, -0.2) is 13.1 Å². The summed E-state index contributed by atoms with van der Waals surface area (Å²) in [5.41, 5.74) is 0. The summed E-state index contributed by atoms with van der Waals surface area (Å²) in [5.74, 6) is -0.587. The van der Waals surface area contributed by atoms with Crippen molar-refractivity contribution in [2.45, 2.75) is 6.92 Å². The minimum atomic E-state index is -2.53. The van der Waals surface area contributed by atoms with E-state index in [1.165, 1.54) is 14.0 Å². The number of carbonyl (C=O) groups excluding carboxylic acids is 1. The molecule has 0 amide bonds. The maximum atomic E-state index is 10.1. The summed E-state index contributed by atoms with van der Waals surface area (Å²) in [6.45, 7) is 1.17. The van der Waals surface area contributed by atoms with E-state index in [1.807, 2.05) is 0 Å². The summed E-state index contributed by atoms with van der Waals surface area (Å²) in [6, 6.07) is 0. The maximum absolute atomic E-state index is 10.1. The average molecular weight is 138 g/mol. The molecule has 0 spiro atoms. The number of rotatable bonds is 2. The van der Waals surface area contributed by atoms with Crippen molar-refractivity contribution in [1.82, 2.24) is 0 Å². The van der Waals surface area contributed by atoms with Gasteiger partial charge in [0.2, 0.25) is 0 Å². The van der Waals surface area contributed by atoms with Crippen LogP contribution in [0.1, 0.15) is 6.92 Å². The van der Waals surface area contributed by atoms with Crippen molar-refractivity contribution in [2.75, 3.05) is 7.11 Å². The zero-order valence-corrected chi connectivity index (χ0v) is 5.63. The van der Waals surface area contributed by atoms with Gasteiger partial charge in [-0.25, -0.2) is 4.57 Å². The molecule has 0 N–H and O–H groups in total. The molecule has 8 heavy (non-hydrogen) atoms. The fourth-order valence-electron chi connectivity index (χ4n) is 0.159. The highest BCUT2D eigenvalue weighted by Gasteiger charge is 1.97. The van der Waals surface area contributed by atoms with E-state index in [4.69, 9.17) is 0 Å². The Balaban J connectivity index is 3.40. The van der Waals surface area contributed by atoms with E-state index in [-0.39, 0.29) is 0 Å². The van der Waals surface area contributed by atoms with Gasteiger partial charge in [-0.05, 0) is 0 Å². The quantitative estimate of drug-likeness (QED) is 0.524. The first-order valence-electron chi connectivity index (χ1n) is 1.93. The smallest absolute Gasteiger partial charge is 0.369 e. The second-order valence-corrected chi connectivity index (χ2v) is 2.16. The molecule has 0 aliphatic rings. The molecule has 48 valence electrons. The van der Waals surface area contributed by atoms with E-state index in [0.29, 0.717) is 0 Å². The van der Waals surface area contributed by atoms with Crippen LogP contribution in [0.15, 0.2) is 0 Å². The summed E-state index contributed by atoms with van der Waals surface area (Å²) in [7, 11) is -1.32. The Bertz CT molecular complexity index is 110. The van der Waals surface area contributed by atoms with Gasteiger partial charge in [-0.3, -0.25) is 4.79 Å². The second-order valence-electron chi connectivity index (χ2n) is 1.05. The molecule has 0 bridgehead atoms. The van der Waals surface area contributed by atoms with E-state index in [0.717, 1.165) is 0 Å². The van der Waals surface area contributed by atoms with Crippen molar-refractivity contribution >= 4 is 14.2 Å². The molecule has 0 rings (SSSR count). The molecule has 1 unspecified atom stereocenters. The highest BCUT2D eigenvalue weighted by atomic mass is 31.1. The van der Waals surface area contributed by atoms with Crippen LogP contribution >= 0.6 is 8.25 Å². The lowest BCUT2D eigenvalue weighted by atomic mass is 10.9. The van der Waals surface area contributed by atoms with Crippen LogP contribution in [0.5, 0.6) is 0 Å². The number of hydrogen-bond acceptors (Lipinski definition) is 4. The van der Waals surface area contributed by atoms with E-state index < -0.39 is 14.2 Å². The summed E-state index contributed by atoms with van der Waals surface area (Å²) in [4.78, 5) is 9.94. The van der Waals surface area contributed by atoms with Crippen LogP contribution < -0.4 is 0 Å².